The highest BCUT2D eigenvalue weighted by atomic mass is 35.5. The maximum absolute atomic E-state index is 12.5. The van der Waals surface area contributed by atoms with E-state index in [0.717, 1.165) is 5.56 Å². The van der Waals surface area contributed by atoms with E-state index in [0.29, 0.717) is 11.3 Å². The number of benzene rings is 2. The number of anilines is 1. The van der Waals surface area contributed by atoms with Crippen molar-refractivity contribution in [3.05, 3.63) is 64.6 Å². The Balaban J connectivity index is 2.00. The van der Waals surface area contributed by atoms with Gasteiger partial charge < -0.3 is 5.32 Å². The number of hydrogen-bond acceptors (Lipinski definition) is 3. The maximum Gasteiger partial charge on any atom is 0.269 e. The third-order valence-corrected chi connectivity index (χ3v) is 5.76. The van der Waals surface area contributed by atoms with E-state index >= 15 is 0 Å². The number of halogens is 1. The number of nitrogens with one attached hydrogen (secondary N) is 1. The van der Waals surface area contributed by atoms with E-state index in [-0.39, 0.29) is 9.93 Å². The van der Waals surface area contributed by atoms with Gasteiger partial charge in [0.05, 0.1) is 9.93 Å². The molecule has 1 N–H and O–H groups in total. The fourth-order valence-electron chi connectivity index (χ4n) is 2.28. The number of sulfone groups is 1. The molecule has 0 radical (unpaired) electrons. The van der Waals surface area contributed by atoms with Gasteiger partial charge in [0.25, 0.3) is 5.91 Å². The normalized spacial score (nSPS) is 15.5. The molecule has 0 atom stereocenters. The second kappa shape index (κ2) is 5.26. The zero-order chi connectivity index (χ0) is 15.9. The summed E-state index contributed by atoms with van der Waals surface area (Å²) in [6, 6.07) is 13.4. The summed E-state index contributed by atoms with van der Waals surface area (Å²) in [4.78, 5) is 12.0. The minimum absolute atomic E-state index is 0.0415. The average molecular weight is 334 g/mol. The molecule has 4 nitrogen and oxygen atoms in total. The Morgan fingerprint density at radius 2 is 1.68 bits per heavy atom. The van der Waals surface area contributed by atoms with Gasteiger partial charge in [-0.25, -0.2) is 8.42 Å². The number of rotatable bonds is 2. The highest BCUT2D eigenvalue weighted by molar-refractivity contribution is 7.97. The van der Waals surface area contributed by atoms with Crippen molar-refractivity contribution < 1.29 is 13.2 Å². The Morgan fingerprint density at radius 3 is 2.32 bits per heavy atom. The lowest BCUT2D eigenvalue weighted by molar-refractivity contribution is -0.112. The Bertz CT molecular complexity index is 899. The molecule has 1 heterocycles. The molecule has 112 valence electrons. The molecule has 0 spiro atoms. The monoisotopic (exact) mass is 333 g/mol. The summed E-state index contributed by atoms with van der Waals surface area (Å²) < 4.78 is 25.0. The van der Waals surface area contributed by atoms with Gasteiger partial charge >= 0.3 is 0 Å². The van der Waals surface area contributed by atoms with E-state index in [1.165, 1.54) is 6.07 Å². The largest absolute Gasteiger partial charge is 0.321 e. The van der Waals surface area contributed by atoms with Crippen LogP contribution >= 0.6 is 11.6 Å². The smallest absolute Gasteiger partial charge is 0.269 e. The Kier molecular flexibility index (Phi) is 3.54. The Morgan fingerprint density at radius 1 is 1.05 bits per heavy atom. The van der Waals surface area contributed by atoms with Crippen molar-refractivity contribution >= 4 is 38.1 Å². The number of carbonyl (C=O) groups excluding carboxylic acids is 1. The quantitative estimate of drug-likeness (QED) is 0.916. The van der Waals surface area contributed by atoms with Crippen molar-refractivity contribution in [3.63, 3.8) is 0 Å². The summed E-state index contributed by atoms with van der Waals surface area (Å²) in [6.07, 6.45) is 0. The summed E-state index contributed by atoms with van der Waals surface area (Å²) in [5, 5.41) is 2.53. The summed E-state index contributed by atoms with van der Waals surface area (Å²) in [5.74, 6) is -0.731. The zero-order valence-corrected chi connectivity index (χ0v) is 13.2. The van der Waals surface area contributed by atoms with Gasteiger partial charge in [-0.1, -0.05) is 47.5 Å². The SMILES string of the molecule is Cc1ccc(NC(=O)C2=C(Cl)c3ccccc3S2(=O)=O)cc1. The molecule has 1 aliphatic rings. The van der Waals surface area contributed by atoms with Crippen LogP contribution in [0, 0.1) is 6.92 Å². The van der Waals surface area contributed by atoms with Crippen LogP contribution in [0.25, 0.3) is 5.03 Å². The van der Waals surface area contributed by atoms with E-state index in [4.69, 9.17) is 11.6 Å². The van der Waals surface area contributed by atoms with Crippen molar-refractivity contribution in [1.82, 2.24) is 0 Å². The zero-order valence-electron chi connectivity index (χ0n) is 11.6. The Hall–Kier alpha value is -2.11. The third kappa shape index (κ3) is 2.32. The number of hydrogen-bond donors (Lipinski definition) is 1. The molecule has 0 aromatic heterocycles. The van der Waals surface area contributed by atoms with Gasteiger partial charge in [-0.05, 0) is 25.1 Å². The summed E-state index contributed by atoms with van der Waals surface area (Å²) in [7, 11) is -3.89. The first kappa shape index (κ1) is 14.8. The summed E-state index contributed by atoms with van der Waals surface area (Å²) >= 11 is 6.12. The maximum atomic E-state index is 12.5. The van der Waals surface area contributed by atoms with E-state index in [2.05, 4.69) is 5.32 Å². The molecule has 1 aliphatic heterocycles. The first-order chi connectivity index (χ1) is 10.4. The minimum atomic E-state index is -3.89. The minimum Gasteiger partial charge on any atom is -0.321 e. The molecule has 0 saturated carbocycles. The number of aryl methyl sites for hydroxylation is 1. The molecule has 6 heteroatoms. The molecule has 0 saturated heterocycles. The van der Waals surface area contributed by atoms with Crippen molar-refractivity contribution in [2.75, 3.05) is 5.32 Å². The van der Waals surface area contributed by atoms with Crippen LogP contribution in [0.3, 0.4) is 0 Å². The molecule has 0 bridgehead atoms. The summed E-state index contributed by atoms with van der Waals surface area (Å²) in [6.45, 7) is 1.92. The number of fused-ring (bicyclic) bond motifs is 1. The van der Waals surface area contributed by atoms with Crippen molar-refractivity contribution in [3.8, 4) is 0 Å². The van der Waals surface area contributed by atoms with Crippen LogP contribution in [0.15, 0.2) is 58.3 Å². The molecule has 0 aliphatic carbocycles. The third-order valence-electron chi connectivity index (χ3n) is 3.40. The lowest BCUT2D eigenvalue weighted by Crippen LogP contribution is -2.19. The fraction of sp³-hybridized carbons (Fsp3) is 0.0625. The first-order valence-electron chi connectivity index (χ1n) is 6.53. The van der Waals surface area contributed by atoms with Crippen molar-refractivity contribution in [2.45, 2.75) is 11.8 Å². The second-order valence-corrected chi connectivity index (χ2v) is 7.20. The van der Waals surface area contributed by atoms with Gasteiger partial charge in [-0.3, -0.25) is 4.79 Å². The van der Waals surface area contributed by atoms with Crippen LogP contribution in [-0.2, 0) is 14.6 Å². The molecule has 22 heavy (non-hydrogen) atoms. The first-order valence-corrected chi connectivity index (χ1v) is 8.39. The van der Waals surface area contributed by atoms with E-state index < -0.39 is 20.6 Å². The standard InChI is InChI=1S/C16H12ClNO3S/c1-10-6-8-11(9-7-10)18-16(19)15-14(17)12-4-2-3-5-13(12)22(15,20)21/h2-9H,1H3,(H,18,19). The molecule has 2 aromatic rings. The molecule has 3 rings (SSSR count). The molecule has 0 unspecified atom stereocenters. The van der Waals surface area contributed by atoms with E-state index in [9.17, 15) is 13.2 Å². The summed E-state index contributed by atoms with van der Waals surface area (Å²) in [5.41, 5.74) is 1.91. The highest BCUT2D eigenvalue weighted by Crippen LogP contribution is 2.41. The van der Waals surface area contributed by atoms with Crippen LogP contribution < -0.4 is 5.32 Å². The molecule has 0 fully saturated rings. The van der Waals surface area contributed by atoms with Crippen molar-refractivity contribution in [1.29, 1.82) is 0 Å². The predicted octanol–water partition coefficient (Wildman–Crippen LogP) is 3.33. The molecule has 2 aromatic carbocycles. The van der Waals surface area contributed by atoms with Gasteiger partial charge in [-0.2, -0.15) is 0 Å². The van der Waals surface area contributed by atoms with Crippen LogP contribution in [-0.4, -0.2) is 14.3 Å². The topological polar surface area (TPSA) is 63.2 Å². The number of amides is 1. The predicted molar refractivity (Wildman–Crippen MR) is 86.2 cm³/mol. The average Bonchev–Trinajstić information content (AvgIpc) is 2.69. The number of carbonyl (C=O) groups is 1. The van der Waals surface area contributed by atoms with Crippen molar-refractivity contribution in [2.24, 2.45) is 0 Å². The van der Waals surface area contributed by atoms with Gasteiger partial charge in [0.2, 0.25) is 9.84 Å². The van der Waals surface area contributed by atoms with Crippen LogP contribution in [0.2, 0.25) is 0 Å². The molecule has 1 amide bonds. The van der Waals surface area contributed by atoms with E-state index in [1.54, 1.807) is 30.3 Å². The van der Waals surface area contributed by atoms with Gasteiger partial charge in [0.15, 0.2) is 4.91 Å². The van der Waals surface area contributed by atoms with E-state index in [1.807, 2.05) is 19.1 Å². The van der Waals surface area contributed by atoms with Gasteiger partial charge in [0, 0.05) is 11.3 Å². The highest BCUT2D eigenvalue weighted by Gasteiger charge is 2.39. The van der Waals surface area contributed by atoms with Crippen LogP contribution in [0.1, 0.15) is 11.1 Å². The van der Waals surface area contributed by atoms with Crippen LogP contribution in [0.5, 0.6) is 0 Å². The van der Waals surface area contributed by atoms with Crippen LogP contribution in [0.4, 0.5) is 5.69 Å². The lowest BCUT2D eigenvalue weighted by Gasteiger charge is -2.07. The van der Waals surface area contributed by atoms with Gasteiger partial charge in [0.1, 0.15) is 0 Å². The van der Waals surface area contributed by atoms with Gasteiger partial charge in [-0.15, -0.1) is 0 Å². The lowest BCUT2D eigenvalue weighted by atomic mass is 10.2. The Labute approximate surface area is 133 Å². The fourth-order valence-corrected chi connectivity index (χ4v) is 4.47. The second-order valence-electron chi connectivity index (χ2n) is 4.96. The molecular weight excluding hydrogens is 322 g/mol. The molecular formula is C16H12ClNO3S.